The van der Waals surface area contributed by atoms with Crippen LogP contribution in [0.15, 0.2) is 52.0 Å². The lowest BCUT2D eigenvalue weighted by Gasteiger charge is -2.11. The van der Waals surface area contributed by atoms with Gasteiger partial charge in [0, 0.05) is 10.2 Å². The molecule has 0 aromatic heterocycles. The lowest BCUT2D eigenvalue weighted by Crippen LogP contribution is -2.27. The van der Waals surface area contributed by atoms with Crippen LogP contribution in [0.4, 0.5) is 5.69 Å². The van der Waals surface area contributed by atoms with E-state index < -0.39 is 0 Å². The number of nitrogens with zero attached hydrogens (tertiary/aromatic N) is 1. The number of rotatable bonds is 5. The van der Waals surface area contributed by atoms with Crippen LogP contribution in [0.1, 0.15) is 23.6 Å². The number of para-hydroxylation sites is 1. The van der Waals surface area contributed by atoms with E-state index in [1.807, 2.05) is 63.2 Å². The Hall–Kier alpha value is -2.14. The molecule has 0 atom stereocenters. The maximum absolute atomic E-state index is 11.9. The van der Waals surface area contributed by atoms with E-state index in [9.17, 15) is 4.79 Å². The van der Waals surface area contributed by atoms with Crippen LogP contribution in [-0.4, -0.2) is 18.2 Å². The molecule has 0 unspecified atom stereocenters. The quantitative estimate of drug-likeness (QED) is 0.614. The van der Waals surface area contributed by atoms with Gasteiger partial charge in [-0.1, -0.05) is 46.3 Å². The number of aryl methyl sites for hydroxylation is 2. The van der Waals surface area contributed by atoms with Gasteiger partial charge in [-0.15, -0.1) is 0 Å². The van der Waals surface area contributed by atoms with Crippen molar-refractivity contribution in [3.63, 3.8) is 0 Å². The highest BCUT2D eigenvalue weighted by Gasteiger charge is 2.05. The van der Waals surface area contributed by atoms with E-state index in [0.29, 0.717) is 0 Å². The van der Waals surface area contributed by atoms with Crippen molar-refractivity contribution < 1.29 is 4.79 Å². The van der Waals surface area contributed by atoms with Gasteiger partial charge in [-0.3, -0.25) is 4.79 Å². The van der Waals surface area contributed by atoms with E-state index in [1.54, 1.807) is 0 Å². The van der Waals surface area contributed by atoms with Crippen molar-refractivity contribution in [1.82, 2.24) is 5.43 Å². The molecular weight excluding hydrogens is 354 g/mol. The lowest BCUT2D eigenvalue weighted by molar-refractivity contribution is -0.119. The molecule has 2 rings (SSSR count). The zero-order valence-corrected chi connectivity index (χ0v) is 15.1. The molecule has 1 amide bonds. The molecule has 0 aliphatic carbocycles. The maximum atomic E-state index is 11.9. The largest absolute Gasteiger partial charge is 0.376 e. The molecule has 0 saturated heterocycles. The molecule has 0 saturated carbocycles. The molecule has 0 heterocycles. The van der Waals surface area contributed by atoms with Crippen molar-refractivity contribution in [2.45, 2.75) is 20.8 Å². The molecule has 0 spiro atoms. The summed E-state index contributed by atoms with van der Waals surface area (Å²) in [5, 5.41) is 7.31. The van der Waals surface area contributed by atoms with E-state index in [1.165, 1.54) is 0 Å². The summed E-state index contributed by atoms with van der Waals surface area (Å²) in [7, 11) is 0. The van der Waals surface area contributed by atoms with E-state index in [2.05, 4.69) is 31.8 Å². The highest BCUT2D eigenvalue weighted by molar-refractivity contribution is 9.10. The highest BCUT2D eigenvalue weighted by Crippen LogP contribution is 2.18. The second kappa shape index (κ2) is 7.92. The van der Waals surface area contributed by atoms with Crippen LogP contribution >= 0.6 is 15.9 Å². The summed E-state index contributed by atoms with van der Waals surface area (Å²) in [6, 6.07) is 13.8. The molecule has 2 aromatic carbocycles. The smallest absolute Gasteiger partial charge is 0.259 e. The Morgan fingerprint density at radius 3 is 2.30 bits per heavy atom. The number of hydrogen-bond acceptors (Lipinski definition) is 3. The van der Waals surface area contributed by atoms with Crippen LogP contribution in [0.3, 0.4) is 0 Å². The average molecular weight is 374 g/mol. The van der Waals surface area contributed by atoms with E-state index in [-0.39, 0.29) is 12.5 Å². The molecule has 23 heavy (non-hydrogen) atoms. The first-order chi connectivity index (χ1) is 11.0. The Kier molecular flexibility index (Phi) is 5.93. The standard InChI is InChI=1S/C18H20BrN3O/c1-12-5-4-6-13(2)18(12)20-11-17(23)22-21-14(3)15-7-9-16(19)10-8-15/h4-10,20H,11H2,1-3H3,(H,22,23)/b21-14-. The maximum Gasteiger partial charge on any atom is 0.259 e. The summed E-state index contributed by atoms with van der Waals surface area (Å²) in [6.07, 6.45) is 0. The summed E-state index contributed by atoms with van der Waals surface area (Å²) in [5.41, 5.74) is 7.54. The lowest BCUT2D eigenvalue weighted by atomic mass is 10.1. The van der Waals surface area contributed by atoms with Crippen molar-refractivity contribution in [3.05, 3.63) is 63.6 Å². The van der Waals surface area contributed by atoms with Gasteiger partial charge >= 0.3 is 0 Å². The summed E-state index contributed by atoms with van der Waals surface area (Å²) in [4.78, 5) is 11.9. The summed E-state index contributed by atoms with van der Waals surface area (Å²) < 4.78 is 1.01. The van der Waals surface area contributed by atoms with Crippen LogP contribution in [-0.2, 0) is 4.79 Å². The zero-order chi connectivity index (χ0) is 16.8. The number of benzene rings is 2. The van der Waals surface area contributed by atoms with Crippen LogP contribution in [0.2, 0.25) is 0 Å². The van der Waals surface area contributed by atoms with E-state index in [0.717, 1.165) is 32.6 Å². The molecule has 4 nitrogen and oxygen atoms in total. The van der Waals surface area contributed by atoms with Gasteiger partial charge in [-0.2, -0.15) is 5.10 Å². The molecule has 0 bridgehead atoms. The third kappa shape index (κ3) is 4.93. The van der Waals surface area contributed by atoms with Gasteiger partial charge in [0.25, 0.3) is 5.91 Å². The van der Waals surface area contributed by atoms with Gasteiger partial charge in [-0.05, 0) is 49.6 Å². The fraction of sp³-hybridized carbons (Fsp3) is 0.222. The van der Waals surface area contributed by atoms with Gasteiger partial charge in [-0.25, -0.2) is 5.43 Å². The third-order valence-corrected chi connectivity index (χ3v) is 4.05. The second-order valence-corrected chi connectivity index (χ2v) is 6.28. The third-order valence-electron chi connectivity index (χ3n) is 3.52. The average Bonchev–Trinajstić information content (AvgIpc) is 2.53. The number of hydrogen-bond donors (Lipinski definition) is 2. The topological polar surface area (TPSA) is 53.5 Å². The molecule has 120 valence electrons. The fourth-order valence-corrected chi connectivity index (χ4v) is 2.47. The minimum absolute atomic E-state index is 0.177. The summed E-state index contributed by atoms with van der Waals surface area (Å²) in [5.74, 6) is -0.177. The van der Waals surface area contributed by atoms with Gasteiger partial charge < -0.3 is 5.32 Å². The van der Waals surface area contributed by atoms with Crippen LogP contribution in [0.5, 0.6) is 0 Å². The van der Waals surface area contributed by atoms with Crippen molar-refractivity contribution in [3.8, 4) is 0 Å². The first-order valence-electron chi connectivity index (χ1n) is 7.36. The van der Waals surface area contributed by atoms with Gasteiger partial charge in [0.05, 0.1) is 12.3 Å². The molecule has 0 aliphatic rings. The molecule has 0 aliphatic heterocycles. The van der Waals surface area contributed by atoms with E-state index >= 15 is 0 Å². The molecule has 0 radical (unpaired) electrons. The van der Waals surface area contributed by atoms with Crippen molar-refractivity contribution >= 4 is 33.2 Å². The minimum atomic E-state index is -0.177. The van der Waals surface area contributed by atoms with Crippen LogP contribution in [0.25, 0.3) is 0 Å². The van der Waals surface area contributed by atoms with Crippen molar-refractivity contribution in [1.29, 1.82) is 0 Å². The summed E-state index contributed by atoms with van der Waals surface area (Å²) in [6.45, 7) is 6.08. The van der Waals surface area contributed by atoms with Crippen molar-refractivity contribution in [2.75, 3.05) is 11.9 Å². The molecule has 2 N–H and O–H groups in total. The predicted molar refractivity (Wildman–Crippen MR) is 98.9 cm³/mol. The number of halogens is 1. The highest BCUT2D eigenvalue weighted by atomic mass is 79.9. The van der Waals surface area contributed by atoms with Gasteiger partial charge in [0.15, 0.2) is 0 Å². The first-order valence-corrected chi connectivity index (χ1v) is 8.16. The SMILES string of the molecule is C/C(=N/NC(=O)CNc1c(C)cccc1C)c1ccc(Br)cc1. The van der Waals surface area contributed by atoms with Gasteiger partial charge in [0.2, 0.25) is 0 Å². The normalized spacial score (nSPS) is 11.2. The van der Waals surface area contributed by atoms with Crippen LogP contribution < -0.4 is 10.7 Å². The Bertz CT molecular complexity index is 703. The number of amides is 1. The summed E-state index contributed by atoms with van der Waals surface area (Å²) >= 11 is 3.39. The number of nitrogens with one attached hydrogen (secondary N) is 2. The Balaban J connectivity index is 1.92. The van der Waals surface area contributed by atoms with Crippen LogP contribution in [0, 0.1) is 13.8 Å². The zero-order valence-electron chi connectivity index (χ0n) is 13.5. The number of hydrazone groups is 1. The fourth-order valence-electron chi connectivity index (χ4n) is 2.20. The molecule has 2 aromatic rings. The van der Waals surface area contributed by atoms with Crippen molar-refractivity contribution in [2.24, 2.45) is 5.10 Å². The Morgan fingerprint density at radius 2 is 1.70 bits per heavy atom. The second-order valence-electron chi connectivity index (χ2n) is 5.36. The van der Waals surface area contributed by atoms with E-state index in [4.69, 9.17) is 0 Å². The molecule has 0 fully saturated rings. The monoisotopic (exact) mass is 373 g/mol. The minimum Gasteiger partial charge on any atom is -0.376 e. The Morgan fingerprint density at radius 1 is 1.09 bits per heavy atom. The molecule has 5 heteroatoms. The predicted octanol–water partition coefficient (Wildman–Crippen LogP) is 4.02. The number of carbonyl (C=O) groups is 1. The first kappa shape index (κ1) is 17.2. The molecular formula is C18H20BrN3O. The van der Waals surface area contributed by atoms with Gasteiger partial charge in [0.1, 0.15) is 0 Å². The Labute approximate surface area is 145 Å². The number of carbonyl (C=O) groups excluding carboxylic acids is 1. The number of anilines is 1.